The van der Waals surface area contributed by atoms with Gasteiger partial charge < -0.3 is 20.1 Å². The molecule has 2 rings (SSSR count). The summed E-state index contributed by atoms with van der Waals surface area (Å²) in [6.07, 6.45) is 3.98. The predicted molar refractivity (Wildman–Crippen MR) is 99.6 cm³/mol. The van der Waals surface area contributed by atoms with E-state index in [1.165, 1.54) is 6.07 Å². The van der Waals surface area contributed by atoms with Crippen LogP contribution in [0.25, 0.3) is 0 Å². The molecular weight excluding hydrogens is 423 g/mol. The van der Waals surface area contributed by atoms with Gasteiger partial charge in [0, 0.05) is 19.5 Å². The number of unbranched alkanes of at least 4 members (excludes halogenated alkanes) is 2. The normalized spacial score (nSPS) is 16.9. The molecule has 0 unspecified atom stereocenters. The molecule has 2 amide bonds. The second-order valence-corrected chi connectivity index (χ2v) is 7.03. The highest BCUT2D eigenvalue weighted by Gasteiger charge is 2.27. The first-order chi connectivity index (χ1) is 11.5. The Morgan fingerprint density at radius 2 is 2.21 bits per heavy atom. The SMILES string of the molecule is CCCCCNC(=O)N1CC[C@H](Oc2ccc(C(=O)O)cc2I)C1. The average molecular weight is 446 g/mol. The van der Waals surface area contributed by atoms with Gasteiger partial charge in [-0.25, -0.2) is 9.59 Å². The van der Waals surface area contributed by atoms with Crippen molar-refractivity contribution in [3.63, 3.8) is 0 Å². The number of benzene rings is 1. The van der Waals surface area contributed by atoms with Crippen molar-refractivity contribution in [2.75, 3.05) is 19.6 Å². The van der Waals surface area contributed by atoms with Crippen molar-refractivity contribution in [1.29, 1.82) is 0 Å². The van der Waals surface area contributed by atoms with Crippen molar-refractivity contribution < 1.29 is 19.4 Å². The van der Waals surface area contributed by atoms with Crippen LogP contribution in [0.3, 0.4) is 0 Å². The number of rotatable bonds is 7. The van der Waals surface area contributed by atoms with E-state index in [1.807, 2.05) is 0 Å². The summed E-state index contributed by atoms with van der Waals surface area (Å²) >= 11 is 2.07. The van der Waals surface area contributed by atoms with E-state index in [4.69, 9.17) is 9.84 Å². The molecule has 24 heavy (non-hydrogen) atoms. The quantitative estimate of drug-likeness (QED) is 0.498. The average Bonchev–Trinajstić information content (AvgIpc) is 3.02. The summed E-state index contributed by atoms with van der Waals surface area (Å²) in [6.45, 7) is 4.07. The summed E-state index contributed by atoms with van der Waals surface area (Å²) < 4.78 is 6.70. The summed E-state index contributed by atoms with van der Waals surface area (Å²) in [5.74, 6) is -0.290. The Hall–Kier alpha value is -1.51. The number of nitrogens with one attached hydrogen (secondary N) is 1. The number of aromatic carboxylic acids is 1. The third kappa shape index (κ3) is 5.25. The summed E-state index contributed by atoms with van der Waals surface area (Å²) in [5, 5.41) is 11.9. The van der Waals surface area contributed by atoms with Gasteiger partial charge in [-0.15, -0.1) is 0 Å². The van der Waals surface area contributed by atoms with E-state index in [1.54, 1.807) is 17.0 Å². The highest BCUT2D eigenvalue weighted by atomic mass is 127. The predicted octanol–water partition coefficient (Wildman–Crippen LogP) is 3.34. The van der Waals surface area contributed by atoms with E-state index in [-0.39, 0.29) is 17.7 Å². The molecule has 1 aliphatic heterocycles. The number of amides is 2. The molecule has 1 heterocycles. The van der Waals surface area contributed by atoms with E-state index >= 15 is 0 Å². The number of urea groups is 1. The Morgan fingerprint density at radius 3 is 2.88 bits per heavy atom. The first-order valence-electron chi connectivity index (χ1n) is 8.23. The number of carboxylic acid groups (broad SMARTS) is 1. The third-order valence-electron chi connectivity index (χ3n) is 3.96. The molecule has 1 saturated heterocycles. The molecule has 1 fully saturated rings. The highest BCUT2D eigenvalue weighted by Crippen LogP contribution is 2.25. The smallest absolute Gasteiger partial charge is 0.335 e. The van der Waals surface area contributed by atoms with E-state index < -0.39 is 5.97 Å². The van der Waals surface area contributed by atoms with Gasteiger partial charge in [0.25, 0.3) is 0 Å². The first kappa shape index (κ1) is 18.8. The minimum absolute atomic E-state index is 0.0341. The van der Waals surface area contributed by atoms with Crippen molar-refractivity contribution in [2.24, 2.45) is 0 Å². The minimum Gasteiger partial charge on any atom is -0.487 e. The second kappa shape index (κ2) is 9.10. The number of likely N-dealkylation sites (tertiary alicyclic amines) is 1. The number of halogens is 1. The molecule has 7 heteroatoms. The third-order valence-corrected chi connectivity index (χ3v) is 4.80. The summed E-state index contributed by atoms with van der Waals surface area (Å²) in [4.78, 5) is 24.8. The minimum atomic E-state index is -0.953. The van der Waals surface area contributed by atoms with Crippen molar-refractivity contribution >= 4 is 34.6 Å². The number of ether oxygens (including phenoxy) is 1. The molecule has 2 N–H and O–H groups in total. The molecule has 1 aromatic carbocycles. The lowest BCUT2D eigenvalue weighted by atomic mass is 10.2. The molecule has 1 atom stereocenters. The van der Waals surface area contributed by atoms with Gasteiger partial charge in [-0.2, -0.15) is 0 Å². The van der Waals surface area contributed by atoms with Crippen LogP contribution in [0.4, 0.5) is 4.79 Å². The van der Waals surface area contributed by atoms with Crippen molar-refractivity contribution in [3.8, 4) is 5.75 Å². The molecule has 6 nitrogen and oxygen atoms in total. The fourth-order valence-electron chi connectivity index (χ4n) is 2.60. The molecule has 0 saturated carbocycles. The number of carboxylic acids is 1. The van der Waals surface area contributed by atoms with E-state index in [0.717, 1.165) is 29.3 Å². The molecule has 1 aromatic rings. The van der Waals surface area contributed by atoms with Gasteiger partial charge in [0.05, 0.1) is 15.7 Å². The fraction of sp³-hybridized carbons (Fsp3) is 0.529. The van der Waals surface area contributed by atoms with Crippen LogP contribution in [0, 0.1) is 3.57 Å². The molecule has 0 bridgehead atoms. The second-order valence-electron chi connectivity index (χ2n) is 5.86. The lowest BCUT2D eigenvalue weighted by molar-refractivity contribution is 0.0696. The van der Waals surface area contributed by atoms with Crippen molar-refractivity contribution in [1.82, 2.24) is 10.2 Å². The van der Waals surface area contributed by atoms with Gasteiger partial charge in [0.2, 0.25) is 0 Å². The Kier molecular flexibility index (Phi) is 7.14. The Labute approximate surface area is 155 Å². The van der Waals surface area contributed by atoms with Crippen LogP contribution in [0.15, 0.2) is 18.2 Å². The van der Waals surface area contributed by atoms with Gasteiger partial charge in [-0.1, -0.05) is 19.8 Å². The monoisotopic (exact) mass is 446 g/mol. The molecule has 0 radical (unpaired) electrons. The van der Waals surface area contributed by atoms with Crippen LogP contribution in [-0.4, -0.2) is 47.7 Å². The molecule has 1 aliphatic rings. The maximum Gasteiger partial charge on any atom is 0.335 e. The summed E-state index contributed by atoms with van der Waals surface area (Å²) in [5.41, 5.74) is 0.242. The van der Waals surface area contributed by atoms with Gasteiger partial charge in [-0.05, 0) is 47.2 Å². The topological polar surface area (TPSA) is 78.9 Å². The van der Waals surface area contributed by atoms with E-state index in [2.05, 4.69) is 34.8 Å². The Bertz CT molecular complexity index is 594. The Balaban J connectivity index is 1.83. The molecule has 132 valence electrons. The number of carbonyl (C=O) groups excluding carboxylic acids is 1. The van der Waals surface area contributed by atoms with E-state index in [0.29, 0.717) is 25.4 Å². The maximum absolute atomic E-state index is 12.1. The van der Waals surface area contributed by atoms with Crippen LogP contribution in [0.5, 0.6) is 5.75 Å². The largest absolute Gasteiger partial charge is 0.487 e. The first-order valence-corrected chi connectivity index (χ1v) is 9.31. The van der Waals surface area contributed by atoms with Gasteiger partial charge in [0.1, 0.15) is 11.9 Å². The van der Waals surface area contributed by atoms with Crippen LogP contribution in [-0.2, 0) is 0 Å². The zero-order valence-electron chi connectivity index (χ0n) is 13.8. The summed E-state index contributed by atoms with van der Waals surface area (Å²) in [6, 6.07) is 4.77. The number of carbonyl (C=O) groups is 2. The number of hydrogen-bond acceptors (Lipinski definition) is 3. The van der Waals surface area contributed by atoms with Gasteiger partial charge in [0.15, 0.2) is 0 Å². The lowest BCUT2D eigenvalue weighted by Crippen LogP contribution is -2.39. The highest BCUT2D eigenvalue weighted by molar-refractivity contribution is 14.1. The molecule has 0 aromatic heterocycles. The zero-order valence-corrected chi connectivity index (χ0v) is 15.9. The van der Waals surface area contributed by atoms with Crippen LogP contribution < -0.4 is 10.1 Å². The fourth-order valence-corrected chi connectivity index (χ4v) is 3.24. The molecule has 0 spiro atoms. The van der Waals surface area contributed by atoms with Gasteiger partial charge in [-0.3, -0.25) is 0 Å². The zero-order chi connectivity index (χ0) is 17.5. The maximum atomic E-state index is 12.1. The van der Waals surface area contributed by atoms with Gasteiger partial charge >= 0.3 is 12.0 Å². The van der Waals surface area contributed by atoms with E-state index in [9.17, 15) is 9.59 Å². The molecule has 0 aliphatic carbocycles. The van der Waals surface area contributed by atoms with Crippen LogP contribution in [0.1, 0.15) is 43.0 Å². The molecular formula is C17H23IN2O4. The number of nitrogens with zero attached hydrogens (tertiary/aromatic N) is 1. The van der Waals surface area contributed by atoms with Crippen LogP contribution >= 0.6 is 22.6 Å². The van der Waals surface area contributed by atoms with Crippen molar-refractivity contribution in [2.45, 2.75) is 38.7 Å². The summed E-state index contributed by atoms with van der Waals surface area (Å²) in [7, 11) is 0. The van der Waals surface area contributed by atoms with Crippen molar-refractivity contribution in [3.05, 3.63) is 27.3 Å². The Morgan fingerprint density at radius 1 is 1.42 bits per heavy atom. The lowest BCUT2D eigenvalue weighted by Gasteiger charge is -2.18. The number of hydrogen-bond donors (Lipinski definition) is 2. The van der Waals surface area contributed by atoms with Crippen LogP contribution in [0.2, 0.25) is 0 Å². The standard InChI is InChI=1S/C17H23IN2O4/c1-2-3-4-8-19-17(23)20-9-7-13(11-20)24-15-6-5-12(16(21)22)10-14(15)18/h5-6,10,13H,2-4,7-9,11H2,1H3,(H,19,23)(H,21,22)/t13-/m0/s1.